The lowest BCUT2D eigenvalue weighted by atomic mass is 9.80. The molecule has 5 heterocycles. The van der Waals surface area contributed by atoms with Gasteiger partial charge in [-0.1, -0.05) is 27.7 Å². The smallest absolute Gasteiger partial charge is 0.329 e. The van der Waals surface area contributed by atoms with Crippen molar-refractivity contribution in [3.8, 4) is 11.3 Å². The Morgan fingerprint density at radius 1 is 1.14 bits per heavy atom. The molecule has 2 unspecified atom stereocenters. The number of hydrogen-bond acceptors (Lipinski definition) is 5. The Kier molecular flexibility index (Phi) is 6.41. The van der Waals surface area contributed by atoms with Crippen LogP contribution >= 0.6 is 0 Å². The molecule has 1 saturated heterocycles. The van der Waals surface area contributed by atoms with Crippen LogP contribution in [0, 0.1) is 12.3 Å². The number of anilines is 3. The summed E-state index contributed by atoms with van der Waals surface area (Å²) in [6.07, 6.45) is 6.66. The fraction of sp³-hybridized carbons (Fsp3) is 0.448. The van der Waals surface area contributed by atoms with Crippen LogP contribution in [0.5, 0.6) is 0 Å². The Bertz CT molecular complexity index is 1270. The molecule has 5 rings (SSSR count). The molecule has 2 atom stereocenters. The van der Waals surface area contributed by atoms with E-state index in [9.17, 15) is 4.79 Å². The highest BCUT2D eigenvalue weighted by Gasteiger charge is 2.40. The number of amides is 2. The molecule has 3 aromatic rings. The summed E-state index contributed by atoms with van der Waals surface area (Å²) in [5.41, 5.74) is 5.23. The molecule has 36 heavy (non-hydrogen) atoms. The molecule has 1 N–H and O–H groups in total. The van der Waals surface area contributed by atoms with Crippen molar-refractivity contribution in [2.24, 2.45) is 5.41 Å². The summed E-state index contributed by atoms with van der Waals surface area (Å²) in [4.78, 5) is 31.7. The van der Waals surface area contributed by atoms with Gasteiger partial charge in [-0.25, -0.2) is 14.8 Å². The third kappa shape index (κ3) is 4.92. The van der Waals surface area contributed by atoms with E-state index in [4.69, 9.17) is 4.98 Å². The van der Waals surface area contributed by atoms with Crippen LogP contribution in [0.3, 0.4) is 0 Å². The Balaban J connectivity index is 1.44. The zero-order valence-corrected chi connectivity index (χ0v) is 22.0. The number of rotatable bonds is 5. The first-order valence-corrected chi connectivity index (χ1v) is 13.0. The zero-order valence-electron chi connectivity index (χ0n) is 22.0. The zero-order chi connectivity index (χ0) is 25.4. The monoisotopic (exact) mass is 484 g/mol. The predicted molar refractivity (Wildman–Crippen MR) is 146 cm³/mol. The molecule has 188 valence electrons. The van der Waals surface area contributed by atoms with E-state index in [-0.39, 0.29) is 17.5 Å². The van der Waals surface area contributed by atoms with Gasteiger partial charge in [-0.15, -0.1) is 0 Å². The van der Waals surface area contributed by atoms with Crippen LogP contribution in [0.2, 0.25) is 0 Å². The fourth-order valence-corrected chi connectivity index (χ4v) is 5.51. The summed E-state index contributed by atoms with van der Waals surface area (Å²) in [6.45, 7) is 12.8. The van der Waals surface area contributed by atoms with Gasteiger partial charge in [-0.2, -0.15) is 0 Å². The molecule has 2 aliphatic heterocycles. The lowest BCUT2D eigenvalue weighted by Gasteiger charge is -2.35. The van der Waals surface area contributed by atoms with Crippen molar-refractivity contribution < 1.29 is 4.79 Å². The van der Waals surface area contributed by atoms with E-state index in [0.29, 0.717) is 17.6 Å². The number of nitrogens with zero attached hydrogens (tertiary/aromatic N) is 5. The number of nitrogens with one attached hydrogen (secondary N) is 1. The van der Waals surface area contributed by atoms with Gasteiger partial charge in [0.2, 0.25) is 0 Å². The second-order valence-electron chi connectivity index (χ2n) is 11.3. The number of pyridine rings is 3. The molecule has 2 amide bonds. The second-order valence-corrected chi connectivity index (χ2v) is 11.3. The van der Waals surface area contributed by atoms with Crippen LogP contribution in [0.1, 0.15) is 64.1 Å². The van der Waals surface area contributed by atoms with E-state index in [0.717, 1.165) is 55.0 Å². The van der Waals surface area contributed by atoms with Crippen LogP contribution in [0.4, 0.5) is 22.1 Å². The van der Waals surface area contributed by atoms with Crippen LogP contribution in [0.25, 0.3) is 11.3 Å². The summed E-state index contributed by atoms with van der Waals surface area (Å²) >= 11 is 0. The standard InChI is InChI=1S/C29H36N6O/c1-6-20(17-29(3,4)5)21-9-13-31-26(16-21)33-28(36)35-23-11-14-34(18-23)25-8-7-24(32-27(25)35)22-10-12-30-19(2)15-22/h7-10,12-13,15-16,20,23H,6,11,14,17-18H2,1-5H3,(H,31,33,36). The van der Waals surface area contributed by atoms with E-state index < -0.39 is 0 Å². The lowest BCUT2D eigenvalue weighted by molar-refractivity contribution is 0.254. The summed E-state index contributed by atoms with van der Waals surface area (Å²) < 4.78 is 0. The van der Waals surface area contributed by atoms with Crippen molar-refractivity contribution in [3.63, 3.8) is 0 Å². The van der Waals surface area contributed by atoms with Gasteiger partial charge in [-0.3, -0.25) is 15.2 Å². The van der Waals surface area contributed by atoms with Gasteiger partial charge in [0.1, 0.15) is 5.82 Å². The van der Waals surface area contributed by atoms with Crippen LogP contribution in [0.15, 0.2) is 48.8 Å². The third-order valence-electron chi connectivity index (χ3n) is 7.21. The third-order valence-corrected chi connectivity index (χ3v) is 7.21. The number of fused-ring (bicyclic) bond motifs is 4. The topological polar surface area (TPSA) is 74.2 Å². The lowest BCUT2D eigenvalue weighted by Crippen LogP contribution is -2.48. The minimum atomic E-state index is -0.174. The Hall–Kier alpha value is -3.48. The number of hydrogen-bond donors (Lipinski definition) is 1. The first-order valence-electron chi connectivity index (χ1n) is 13.0. The highest BCUT2D eigenvalue weighted by Crippen LogP contribution is 2.40. The maximum absolute atomic E-state index is 13.7. The highest BCUT2D eigenvalue weighted by atomic mass is 16.2. The summed E-state index contributed by atoms with van der Waals surface area (Å²) in [6, 6.07) is 12.1. The number of urea groups is 1. The molecule has 0 radical (unpaired) electrons. The minimum Gasteiger partial charge on any atom is -0.366 e. The predicted octanol–water partition coefficient (Wildman–Crippen LogP) is 6.41. The minimum absolute atomic E-state index is 0.0897. The molecule has 3 aromatic heterocycles. The Morgan fingerprint density at radius 3 is 2.69 bits per heavy atom. The molecule has 7 nitrogen and oxygen atoms in total. The number of carbonyl (C=O) groups is 1. The highest BCUT2D eigenvalue weighted by molar-refractivity contribution is 6.04. The van der Waals surface area contributed by atoms with Gasteiger partial charge in [0.05, 0.1) is 17.4 Å². The van der Waals surface area contributed by atoms with Crippen molar-refractivity contribution in [2.45, 2.75) is 65.8 Å². The van der Waals surface area contributed by atoms with Crippen molar-refractivity contribution >= 4 is 23.4 Å². The quantitative estimate of drug-likeness (QED) is 0.453. The van der Waals surface area contributed by atoms with Gasteiger partial charge in [0.15, 0.2) is 5.82 Å². The van der Waals surface area contributed by atoms with Crippen molar-refractivity contribution in [3.05, 3.63) is 60.0 Å². The number of aryl methyl sites for hydroxylation is 1. The molecule has 0 spiro atoms. The van der Waals surface area contributed by atoms with E-state index in [2.05, 4.69) is 60.0 Å². The van der Waals surface area contributed by atoms with Gasteiger partial charge < -0.3 is 4.90 Å². The number of aromatic nitrogens is 3. The number of carbonyl (C=O) groups excluding carboxylic acids is 1. The maximum Gasteiger partial charge on any atom is 0.329 e. The van der Waals surface area contributed by atoms with E-state index in [1.165, 1.54) is 5.56 Å². The molecule has 2 bridgehead atoms. The SMILES string of the molecule is CCC(CC(C)(C)C)c1ccnc(NC(=O)N2c3nc(-c4ccnc(C)c4)ccc3N3CCC2C3)c1. The Labute approximate surface area is 214 Å². The molecule has 1 fully saturated rings. The van der Waals surface area contributed by atoms with E-state index in [1.807, 2.05) is 36.1 Å². The van der Waals surface area contributed by atoms with E-state index in [1.54, 1.807) is 12.4 Å². The molecular formula is C29H36N6O. The van der Waals surface area contributed by atoms with Crippen molar-refractivity contribution in [1.82, 2.24) is 15.0 Å². The summed E-state index contributed by atoms with van der Waals surface area (Å²) in [7, 11) is 0. The van der Waals surface area contributed by atoms with Gasteiger partial charge in [-0.05, 0) is 79.5 Å². The fourth-order valence-electron chi connectivity index (χ4n) is 5.51. The van der Waals surface area contributed by atoms with E-state index >= 15 is 0 Å². The van der Waals surface area contributed by atoms with Gasteiger partial charge in [0, 0.05) is 36.7 Å². The van der Waals surface area contributed by atoms with Gasteiger partial charge >= 0.3 is 6.03 Å². The molecule has 0 aromatic carbocycles. The van der Waals surface area contributed by atoms with Crippen LogP contribution in [-0.2, 0) is 0 Å². The molecule has 0 saturated carbocycles. The first-order chi connectivity index (χ1) is 17.2. The average molecular weight is 485 g/mol. The van der Waals surface area contributed by atoms with Crippen LogP contribution in [-0.4, -0.2) is 40.1 Å². The van der Waals surface area contributed by atoms with Crippen LogP contribution < -0.4 is 15.1 Å². The maximum atomic E-state index is 13.7. The molecule has 2 aliphatic rings. The molecular weight excluding hydrogens is 448 g/mol. The average Bonchev–Trinajstić information content (AvgIpc) is 3.26. The van der Waals surface area contributed by atoms with Gasteiger partial charge in [0.25, 0.3) is 0 Å². The molecule has 0 aliphatic carbocycles. The normalized spacial score (nSPS) is 17.6. The summed E-state index contributed by atoms with van der Waals surface area (Å²) in [5, 5.41) is 3.09. The molecule has 7 heteroatoms. The summed E-state index contributed by atoms with van der Waals surface area (Å²) in [5.74, 6) is 1.73. The second kappa shape index (κ2) is 9.52. The largest absolute Gasteiger partial charge is 0.366 e. The first kappa shape index (κ1) is 24.2. The van der Waals surface area contributed by atoms with Crippen molar-refractivity contribution in [2.75, 3.05) is 28.2 Å². The van der Waals surface area contributed by atoms with Crippen molar-refractivity contribution in [1.29, 1.82) is 0 Å². The Morgan fingerprint density at radius 2 is 1.94 bits per heavy atom.